The third kappa shape index (κ3) is 5.15. The van der Waals surface area contributed by atoms with Crippen LogP contribution in [0.3, 0.4) is 0 Å². The number of aromatic nitrogens is 2. The van der Waals surface area contributed by atoms with Crippen molar-refractivity contribution in [2.45, 2.75) is 71.3 Å². The summed E-state index contributed by atoms with van der Waals surface area (Å²) >= 11 is 0. The van der Waals surface area contributed by atoms with Crippen LogP contribution in [-0.4, -0.2) is 53.8 Å². The lowest BCUT2D eigenvalue weighted by Crippen LogP contribution is -2.40. The van der Waals surface area contributed by atoms with Crippen molar-refractivity contribution in [1.82, 2.24) is 14.9 Å². The van der Waals surface area contributed by atoms with E-state index in [4.69, 9.17) is 10.5 Å². The monoisotopic (exact) mass is 376 g/mol. The number of unbranched alkanes of at least 4 members (excludes halogenated alkanes) is 1. The van der Waals surface area contributed by atoms with Crippen molar-refractivity contribution in [3.63, 3.8) is 0 Å². The molecule has 0 bridgehead atoms. The Hall–Kier alpha value is -1.76. The molecule has 0 amide bonds. The van der Waals surface area contributed by atoms with E-state index in [9.17, 15) is 0 Å². The van der Waals surface area contributed by atoms with E-state index < -0.39 is 0 Å². The van der Waals surface area contributed by atoms with Gasteiger partial charge in [-0.2, -0.15) is 9.97 Å². The number of likely N-dealkylation sites (tertiary alicyclic amines) is 1. The van der Waals surface area contributed by atoms with Crippen LogP contribution in [0.25, 0.3) is 0 Å². The maximum Gasteiger partial charge on any atom is 0.320 e. The zero-order valence-electron chi connectivity index (χ0n) is 17.0. The van der Waals surface area contributed by atoms with Crippen molar-refractivity contribution in [3.05, 3.63) is 0 Å². The third-order valence-corrected chi connectivity index (χ3v) is 5.60. The van der Waals surface area contributed by atoms with Crippen molar-refractivity contribution >= 4 is 17.3 Å². The van der Waals surface area contributed by atoms with Crippen LogP contribution >= 0.6 is 0 Å². The standard InChI is InChI=1S/C20H36N6O/c1-3-5-14-27-20-23-18(21)17-19(24-20)26(15-22-17)13-8-10-16-9-6-7-12-25(16)11-4-2/h16,22H,3-15H2,1-2H3,(H2,21,23,24). The lowest BCUT2D eigenvalue weighted by atomic mass is 9.97. The van der Waals surface area contributed by atoms with Gasteiger partial charge in [0.2, 0.25) is 0 Å². The van der Waals surface area contributed by atoms with Crippen LogP contribution in [0, 0.1) is 0 Å². The van der Waals surface area contributed by atoms with E-state index in [-0.39, 0.29) is 0 Å². The first kappa shape index (κ1) is 20.0. The van der Waals surface area contributed by atoms with E-state index in [0.717, 1.165) is 43.6 Å². The molecule has 3 N–H and O–H groups in total. The lowest BCUT2D eigenvalue weighted by molar-refractivity contribution is 0.139. The zero-order valence-corrected chi connectivity index (χ0v) is 17.0. The summed E-state index contributed by atoms with van der Waals surface area (Å²) in [6.45, 7) is 9.30. The van der Waals surface area contributed by atoms with Crippen LogP contribution in [-0.2, 0) is 0 Å². The van der Waals surface area contributed by atoms with Gasteiger partial charge >= 0.3 is 6.01 Å². The Morgan fingerprint density at radius 2 is 2.04 bits per heavy atom. The molecule has 7 nitrogen and oxygen atoms in total. The van der Waals surface area contributed by atoms with Gasteiger partial charge in [0.25, 0.3) is 0 Å². The first-order chi connectivity index (χ1) is 13.2. The van der Waals surface area contributed by atoms with Gasteiger partial charge in [0, 0.05) is 12.6 Å². The van der Waals surface area contributed by atoms with Gasteiger partial charge in [0.1, 0.15) is 5.69 Å². The molecule has 152 valence electrons. The van der Waals surface area contributed by atoms with E-state index in [1.807, 2.05) is 0 Å². The molecule has 3 rings (SSSR count). The molecule has 0 saturated carbocycles. The summed E-state index contributed by atoms with van der Waals surface area (Å²) in [5, 5.41) is 3.34. The Bertz CT molecular complexity index is 594. The van der Waals surface area contributed by atoms with Crippen LogP contribution in [0.5, 0.6) is 6.01 Å². The van der Waals surface area contributed by atoms with Crippen LogP contribution in [0.4, 0.5) is 17.3 Å². The zero-order chi connectivity index (χ0) is 19.1. The topological polar surface area (TPSA) is 79.5 Å². The van der Waals surface area contributed by atoms with E-state index in [1.54, 1.807) is 0 Å². The van der Waals surface area contributed by atoms with Crippen LogP contribution in [0.1, 0.15) is 65.2 Å². The molecular formula is C20H36N6O. The largest absolute Gasteiger partial charge is 0.463 e. The molecule has 0 aliphatic carbocycles. The fourth-order valence-electron chi connectivity index (χ4n) is 4.14. The van der Waals surface area contributed by atoms with Crippen LogP contribution in [0.15, 0.2) is 0 Å². The van der Waals surface area contributed by atoms with Crippen LogP contribution in [0.2, 0.25) is 0 Å². The van der Waals surface area contributed by atoms with Crippen molar-refractivity contribution in [3.8, 4) is 6.01 Å². The summed E-state index contributed by atoms with van der Waals surface area (Å²) in [7, 11) is 0. The maximum atomic E-state index is 6.11. The molecule has 3 heterocycles. The first-order valence-electron chi connectivity index (χ1n) is 10.8. The second-order valence-corrected chi connectivity index (χ2v) is 7.72. The van der Waals surface area contributed by atoms with Gasteiger partial charge in [-0.3, -0.25) is 0 Å². The molecule has 0 radical (unpaired) electrons. The van der Waals surface area contributed by atoms with Gasteiger partial charge in [-0.1, -0.05) is 26.7 Å². The molecule has 1 aromatic rings. The van der Waals surface area contributed by atoms with Gasteiger partial charge in [-0.25, -0.2) is 0 Å². The highest BCUT2D eigenvalue weighted by Gasteiger charge is 2.26. The Balaban J connectivity index is 1.55. The Morgan fingerprint density at radius 1 is 1.15 bits per heavy atom. The average Bonchev–Trinajstić information content (AvgIpc) is 3.07. The predicted octanol–water partition coefficient (Wildman–Crippen LogP) is 3.47. The number of nitrogens with zero attached hydrogens (tertiary/aromatic N) is 4. The number of piperidine rings is 1. The quantitative estimate of drug-likeness (QED) is 0.605. The van der Waals surface area contributed by atoms with Crippen molar-refractivity contribution in [2.75, 3.05) is 48.9 Å². The van der Waals surface area contributed by atoms with Crippen molar-refractivity contribution < 1.29 is 4.74 Å². The van der Waals surface area contributed by atoms with Gasteiger partial charge in [-0.15, -0.1) is 0 Å². The molecule has 1 atom stereocenters. The molecule has 1 aromatic heterocycles. The molecule has 2 aliphatic heterocycles. The Morgan fingerprint density at radius 3 is 2.85 bits per heavy atom. The molecule has 27 heavy (non-hydrogen) atoms. The smallest absolute Gasteiger partial charge is 0.320 e. The number of anilines is 3. The number of ether oxygens (including phenoxy) is 1. The highest BCUT2D eigenvalue weighted by molar-refractivity contribution is 5.80. The minimum absolute atomic E-state index is 0.398. The second kappa shape index (κ2) is 9.97. The average molecular weight is 377 g/mol. The van der Waals surface area contributed by atoms with E-state index in [0.29, 0.717) is 18.4 Å². The fraction of sp³-hybridized carbons (Fsp3) is 0.800. The minimum atomic E-state index is 0.398. The highest BCUT2D eigenvalue weighted by Crippen LogP contribution is 2.35. The van der Waals surface area contributed by atoms with Gasteiger partial charge in [0.05, 0.1) is 13.3 Å². The molecule has 0 spiro atoms. The molecule has 1 fully saturated rings. The normalized spacial score (nSPS) is 19.8. The van der Waals surface area contributed by atoms with Crippen molar-refractivity contribution in [1.29, 1.82) is 0 Å². The number of hydrogen-bond donors (Lipinski definition) is 2. The summed E-state index contributed by atoms with van der Waals surface area (Å²) < 4.78 is 5.68. The molecule has 1 unspecified atom stereocenters. The number of nitrogens with two attached hydrogens (primary N) is 1. The number of rotatable bonds is 10. The number of hydrogen-bond acceptors (Lipinski definition) is 7. The van der Waals surface area contributed by atoms with Gasteiger partial charge in [0.15, 0.2) is 11.6 Å². The summed E-state index contributed by atoms with van der Waals surface area (Å²) in [5.41, 5.74) is 6.96. The molecule has 1 saturated heterocycles. The fourth-order valence-corrected chi connectivity index (χ4v) is 4.14. The van der Waals surface area contributed by atoms with Crippen molar-refractivity contribution in [2.24, 2.45) is 0 Å². The highest BCUT2D eigenvalue weighted by atomic mass is 16.5. The Labute approximate surface area is 163 Å². The van der Waals surface area contributed by atoms with E-state index in [1.165, 1.54) is 51.6 Å². The van der Waals surface area contributed by atoms with Gasteiger partial charge < -0.3 is 25.6 Å². The molecule has 2 aliphatic rings. The maximum absolute atomic E-state index is 6.11. The first-order valence-corrected chi connectivity index (χ1v) is 10.8. The molecule has 0 aromatic carbocycles. The van der Waals surface area contributed by atoms with Crippen LogP contribution < -0.4 is 20.7 Å². The molecular weight excluding hydrogens is 340 g/mol. The number of nitrogen functional groups attached to an aromatic ring is 1. The lowest BCUT2D eigenvalue weighted by Gasteiger charge is -2.36. The van der Waals surface area contributed by atoms with E-state index >= 15 is 0 Å². The SMILES string of the molecule is CCCCOc1nc(N)c2c(n1)N(CCCC1CCCCN1CCC)CN2. The number of fused-ring (bicyclic) bond motifs is 1. The molecule has 7 heteroatoms. The van der Waals surface area contributed by atoms with E-state index in [2.05, 4.69) is 38.9 Å². The summed E-state index contributed by atoms with van der Waals surface area (Å²) in [6, 6.07) is 1.15. The van der Waals surface area contributed by atoms with Gasteiger partial charge in [-0.05, 0) is 51.6 Å². The third-order valence-electron chi connectivity index (χ3n) is 5.60. The number of nitrogens with one attached hydrogen (secondary N) is 1. The Kier molecular flexibility index (Phi) is 7.38. The summed E-state index contributed by atoms with van der Waals surface area (Å²) in [6.07, 6.45) is 9.84. The second-order valence-electron chi connectivity index (χ2n) is 7.72. The minimum Gasteiger partial charge on any atom is -0.463 e. The summed E-state index contributed by atoms with van der Waals surface area (Å²) in [5.74, 6) is 1.37. The predicted molar refractivity (Wildman–Crippen MR) is 111 cm³/mol. The summed E-state index contributed by atoms with van der Waals surface area (Å²) in [4.78, 5) is 13.9.